The van der Waals surface area contributed by atoms with Crippen molar-refractivity contribution < 1.29 is 32.6 Å². The number of amides is 1. The number of phenolic OH excluding ortho intramolecular Hbond substituents is 1. The molecule has 1 atom stereocenters. The first-order valence-corrected chi connectivity index (χ1v) is 13.4. The number of aromatic hydroxyl groups is 1. The summed E-state index contributed by atoms with van der Waals surface area (Å²) in [6.45, 7) is 10.4. The number of nitrogens with one attached hydrogen (secondary N) is 1. The van der Waals surface area contributed by atoms with E-state index >= 15 is 0 Å². The highest BCUT2D eigenvalue weighted by Crippen LogP contribution is 2.44. The zero-order chi connectivity index (χ0) is 28.0. The van der Waals surface area contributed by atoms with Crippen molar-refractivity contribution in [2.45, 2.75) is 78.4 Å². The highest BCUT2D eigenvalue weighted by Gasteiger charge is 2.43. The van der Waals surface area contributed by atoms with Crippen molar-refractivity contribution in [2.24, 2.45) is 5.41 Å². The molecule has 1 unspecified atom stereocenters. The van der Waals surface area contributed by atoms with E-state index in [1.807, 2.05) is 20.8 Å². The number of hydrogen-bond acceptors (Lipinski definition) is 7. The Kier molecular flexibility index (Phi) is 10.2. The maximum Gasteiger partial charge on any atom is 0.415 e. The number of phenols is 1. The monoisotopic (exact) mass is 536 g/mol. The summed E-state index contributed by atoms with van der Waals surface area (Å²) in [6.07, 6.45) is 2.17. The minimum atomic E-state index is -2.61. The van der Waals surface area contributed by atoms with Gasteiger partial charge in [0.1, 0.15) is 17.2 Å². The van der Waals surface area contributed by atoms with Crippen LogP contribution in [0.25, 0.3) is 0 Å². The van der Waals surface area contributed by atoms with Gasteiger partial charge in [0.2, 0.25) is 0 Å². The fraction of sp³-hybridized carbons (Fsp3) is 0.519. The van der Waals surface area contributed by atoms with Gasteiger partial charge in [-0.05, 0) is 85.9 Å². The van der Waals surface area contributed by atoms with Gasteiger partial charge in [0, 0.05) is 12.1 Å². The summed E-state index contributed by atoms with van der Waals surface area (Å²) < 4.78 is 42.8. The molecule has 1 aliphatic rings. The van der Waals surface area contributed by atoms with Crippen LogP contribution in [0.5, 0.6) is 5.75 Å². The molecule has 0 fully saturated rings. The summed E-state index contributed by atoms with van der Waals surface area (Å²) in [6, 6.07) is 9.71. The van der Waals surface area contributed by atoms with Gasteiger partial charge in [-0.15, -0.1) is 0 Å². The van der Waals surface area contributed by atoms with Crippen molar-refractivity contribution in [1.82, 2.24) is 0 Å². The smallest absolute Gasteiger partial charge is 0.415 e. The van der Waals surface area contributed by atoms with Gasteiger partial charge in [0.05, 0.1) is 11.8 Å². The number of anilines is 1. The van der Waals surface area contributed by atoms with Crippen LogP contribution in [0.15, 0.2) is 36.4 Å². The molecule has 0 saturated heterocycles. The maximum absolute atomic E-state index is 14.1. The van der Waals surface area contributed by atoms with E-state index in [1.165, 1.54) is 12.1 Å². The first kappa shape index (κ1) is 30.2. The molecule has 0 spiro atoms. The first-order chi connectivity index (χ1) is 17.2. The van der Waals surface area contributed by atoms with Crippen molar-refractivity contribution in [3.8, 4) is 5.75 Å². The summed E-state index contributed by atoms with van der Waals surface area (Å²) in [5.41, 5.74) is 2.02. The summed E-state index contributed by atoms with van der Waals surface area (Å²) in [4.78, 5) is 14.6. The van der Waals surface area contributed by atoms with Crippen LogP contribution in [0, 0.1) is 22.9 Å². The van der Waals surface area contributed by atoms with Crippen LogP contribution in [0.3, 0.4) is 0 Å². The minimum absolute atomic E-state index is 0.141. The van der Waals surface area contributed by atoms with Gasteiger partial charge in [-0.3, -0.25) is 4.90 Å². The standard InChI is InChI=1S/C27H36FNO4.HNO2S/c1-6-27(7-2)21-17-20(28)9-10-22(21)29(25(32)33-27)15-14-26(4,5)13-12-24(31)19-8-11-23(30)18(3)16-19;1-4(2)3/h8-11,16-17,24,30-31H,6-7,12-15H2,1-5H3;1H. The van der Waals surface area contributed by atoms with Crippen LogP contribution in [0.4, 0.5) is 14.9 Å². The highest BCUT2D eigenvalue weighted by molar-refractivity contribution is 7.60. The van der Waals surface area contributed by atoms with E-state index in [0.717, 1.165) is 23.1 Å². The van der Waals surface area contributed by atoms with Crippen LogP contribution in [0.2, 0.25) is 0 Å². The molecule has 0 bridgehead atoms. The molecule has 0 aromatic heterocycles. The molecule has 8 nitrogen and oxygen atoms in total. The van der Waals surface area contributed by atoms with Crippen molar-refractivity contribution in [1.29, 1.82) is 4.78 Å². The van der Waals surface area contributed by atoms with Crippen molar-refractivity contribution in [3.63, 3.8) is 0 Å². The number of ether oxygens (including phenoxy) is 1. The summed E-state index contributed by atoms with van der Waals surface area (Å²) >= 11 is 0. The van der Waals surface area contributed by atoms with E-state index in [-0.39, 0.29) is 17.0 Å². The second-order valence-electron chi connectivity index (χ2n) is 10.1. The lowest BCUT2D eigenvalue weighted by Gasteiger charge is -2.42. The third-order valence-electron chi connectivity index (χ3n) is 7.10. The predicted molar refractivity (Wildman–Crippen MR) is 140 cm³/mol. The Balaban J connectivity index is 0.00000112. The van der Waals surface area contributed by atoms with E-state index in [2.05, 4.69) is 13.8 Å². The lowest BCUT2D eigenvalue weighted by Crippen LogP contribution is -2.46. The number of aliphatic hydroxyl groups excluding tert-OH is 1. The SMILES string of the molecule is CCC1(CC)OC(=O)N(CCC(C)(C)CCC(O)c2ccc(O)c(C)c2)c2ccc(F)cc21.N=S(=O)=O. The lowest BCUT2D eigenvalue weighted by atomic mass is 9.82. The summed E-state index contributed by atoms with van der Waals surface area (Å²) in [5.74, 6) is -0.119. The van der Waals surface area contributed by atoms with Gasteiger partial charge in [-0.2, -0.15) is 13.2 Å². The molecule has 0 aliphatic carbocycles. The van der Waals surface area contributed by atoms with Crippen molar-refractivity contribution in [2.75, 3.05) is 11.4 Å². The number of nitrogens with zero attached hydrogens (tertiary/aromatic N) is 1. The van der Waals surface area contributed by atoms with E-state index in [0.29, 0.717) is 37.9 Å². The largest absolute Gasteiger partial charge is 0.508 e. The molecule has 37 heavy (non-hydrogen) atoms. The molecule has 2 aromatic rings. The number of aryl methyl sites for hydroxylation is 1. The van der Waals surface area contributed by atoms with E-state index in [9.17, 15) is 19.4 Å². The van der Waals surface area contributed by atoms with Gasteiger partial charge >= 0.3 is 16.6 Å². The topological polar surface area (TPSA) is 128 Å². The van der Waals surface area contributed by atoms with Crippen LogP contribution < -0.4 is 4.90 Å². The Morgan fingerprint density at radius 1 is 1.14 bits per heavy atom. The number of carbonyl (C=O) groups excluding carboxylic acids is 1. The Morgan fingerprint density at radius 3 is 2.32 bits per heavy atom. The lowest BCUT2D eigenvalue weighted by molar-refractivity contribution is -0.00173. The minimum Gasteiger partial charge on any atom is -0.508 e. The molecule has 3 rings (SSSR count). The van der Waals surface area contributed by atoms with Crippen LogP contribution >= 0.6 is 0 Å². The van der Waals surface area contributed by atoms with E-state index in [4.69, 9.17) is 17.9 Å². The second-order valence-corrected chi connectivity index (χ2v) is 10.6. The zero-order valence-electron chi connectivity index (χ0n) is 22.0. The van der Waals surface area contributed by atoms with Crippen LogP contribution in [-0.2, 0) is 20.8 Å². The Labute approximate surface area is 219 Å². The third-order valence-corrected chi connectivity index (χ3v) is 7.10. The fourth-order valence-corrected chi connectivity index (χ4v) is 4.59. The first-order valence-electron chi connectivity index (χ1n) is 12.3. The van der Waals surface area contributed by atoms with Crippen LogP contribution in [0.1, 0.15) is 82.6 Å². The third kappa shape index (κ3) is 7.75. The number of rotatable bonds is 9. The van der Waals surface area contributed by atoms with Crippen molar-refractivity contribution >= 4 is 22.3 Å². The van der Waals surface area contributed by atoms with E-state index in [1.54, 1.807) is 29.2 Å². The number of cyclic esters (lactones) is 1. The number of aliphatic hydroxyl groups is 1. The quantitative estimate of drug-likeness (QED) is 0.342. The normalized spacial score (nSPS) is 15.2. The molecular formula is C27H37FN2O6S. The van der Waals surface area contributed by atoms with Crippen molar-refractivity contribution in [3.05, 3.63) is 58.9 Å². The predicted octanol–water partition coefficient (Wildman–Crippen LogP) is 6.37. The van der Waals surface area contributed by atoms with Crippen LogP contribution in [-0.4, -0.2) is 31.3 Å². The molecule has 3 N–H and O–H groups in total. The summed E-state index contributed by atoms with van der Waals surface area (Å²) in [5, 5.41) is 20.3. The van der Waals surface area contributed by atoms with Gasteiger partial charge in [-0.25, -0.2) is 9.18 Å². The summed E-state index contributed by atoms with van der Waals surface area (Å²) in [7, 11) is -2.61. The Hall–Kier alpha value is -2.98. The average Bonchev–Trinajstić information content (AvgIpc) is 2.83. The number of benzene rings is 2. The van der Waals surface area contributed by atoms with Gasteiger partial charge in [-0.1, -0.05) is 33.8 Å². The maximum atomic E-state index is 14.1. The average molecular weight is 537 g/mol. The molecule has 10 heteroatoms. The zero-order valence-corrected chi connectivity index (χ0v) is 22.9. The van der Waals surface area contributed by atoms with E-state index < -0.39 is 28.3 Å². The highest BCUT2D eigenvalue weighted by atomic mass is 32.2. The number of hydrogen-bond donors (Lipinski definition) is 3. The molecule has 2 aromatic carbocycles. The number of halogens is 1. The number of carbonyl (C=O) groups is 1. The fourth-order valence-electron chi connectivity index (χ4n) is 4.59. The Bertz CT molecular complexity index is 1210. The number of fused-ring (bicyclic) bond motifs is 1. The van der Waals surface area contributed by atoms with Gasteiger partial charge in [0.25, 0.3) is 0 Å². The van der Waals surface area contributed by atoms with Gasteiger partial charge in [0.15, 0.2) is 0 Å². The molecule has 204 valence electrons. The van der Waals surface area contributed by atoms with Gasteiger partial charge < -0.3 is 14.9 Å². The molecule has 1 amide bonds. The molecule has 1 aliphatic heterocycles. The second kappa shape index (κ2) is 12.5. The molecule has 1 heterocycles. The Morgan fingerprint density at radius 2 is 1.76 bits per heavy atom. The molecule has 0 saturated carbocycles. The molecule has 0 radical (unpaired) electrons. The molecular weight excluding hydrogens is 499 g/mol.